The molecule has 0 aromatic carbocycles. The molecule has 0 spiro atoms. The van der Waals surface area contributed by atoms with Crippen LogP contribution in [0.2, 0.25) is 0 Å². The molecule has 0 radical (unpaired) electrons. The van der Waals surface area contributed by atoms with Gasteiger partial charge in [-0.1, -0.05) is 0 Å². The third kappa shape index (κ3) is 3.87. The van der Waals surface area contributed by atoms with E-state index in [4.69, 9.17) is 19.3 Å². The zero-order valence-electron chi connectivity index (χ0n) is 10.5. The maximum absolute atomic E-state index is 11.4. The molecule has 98 valence electrons. The number of ether oxygens (including phenoxy) is 3. The van der Waals surface area contributed by atoms with E-state index >= 15 is 0 Å². The second-order valence-electron chi connectivity index (χ2n) is 5.10. The fourth-order valence-electron chi connectivity index (χ4n) is 1.60. The van der Waals surface area contributed by atoms with Gasteiger partial charge in [-0.05, 0) is 20.8 Å². The summed E-state index contributed by atoms with van der Waals surface area (Å²) in [5, 5.41) is 18.8. The smallest absolute Gasteiger partial charge is 0.429 e. The van der Waals surface area contributed by atoms with Gasteiger partial charge in [0.2, 0.25) is 0 Å². The average Bonchev–Trinajstić information content (AvgIpc) is 2.42. The van der Waals surface area contributed by atoms with Crippen molar-refractivity contribution in [1.29, 1.82) is 0 Å². The van der Waals surface area contributed by atoms with Crippen LogP contribution in [0.25, 0.3) is 0 Å². The molecular weight excluding hydrogens is 227 g/mol. The predicted octanol–water partition coefficient (Wildman–Crippen LogP) is -0.982. The summed E-state index contributed by atoms with van der Waals surface area (Å²) in [6.45, 7) is 4.81. The maximum Gasteiger partial charge on any atom is 0.509 e. The molecule has 1 saturated heterocycles. The van der Waals surface area contributed by atoms with Crippen LogP contribution in [0.4, 0.5) is 4.79 Å². The first-order valence-corrected chi connectivity index (χ1v) is 5.58. The van der Waals surface area contributed by atoms with Gasteiger partial charge in [0.1, 0.15) is 25.7 Å². The van der Waals surface area contributed by atoms with Gasteiger partial charge >= 0.3 is 6.16 Å². The molecule has 0 aliphatic carbocycles. The normalized spacial score (nSPS) is 33.5. The molecule has 0 aromatic rings. The molecule has 1 fully saturated rings. The maximum atomic E-state index is 11.4. The van der Waals surface area contributed by atoms with Crippen molar-refractivity contribution in [2.24, 2.45) is 0 Å². The largest absolute Gasteiger partial charge is 0.509 e. The van der Waals surface area contributed by atoms with Gasteiger partial charge in [-0.3, -0.25) is 0 Å². The van der Waals surface area contributed by atoms with Crippen molar-refractivity contribution in [2.45, 2.75) is 50.7 Å². The van der Waals surface area contributed by atoms with Crippen molar-refractivity contribution in [1.82, 2.24) is 0 Å². The number of hydrogen-bond acceptors (Lipinski definition) is 6. The molecule has 0 aromatic heterocycles. The van der Waals surface area contributed by atoms with Gasteiger partial charge in [0.25, 0.3) is 0 Å². The van der Waals surface area contributed by atoms with Crippen molar-refractivity contribution >= 4 is 14.0 Å². The Bertz CT molecular complexity index is 276. The number of aliphatic hydroxyl groups excluding tert-OH is 2. The van der Waals surface area contributed by atoms with Crippen molar-refractivity contribution < 1.29 is 29.2 Å². The molecule has 1 aliphatic heterocycles. The minimum Gasteiger partial charge on any atom is -0.429 e. The lowest BCUT2D eigenvalue weighted by Crippen LogP contribution is -2.39. The Morgan fingerprint density at radius 3 is 2.53 bits per heavy atom. The predicted molar refractivity (Wildman–Crippen MR) is 61.4 cm³/mol. The van der Waals surface area contributed by atoms with Crippen LogP contribution in [-0.4, -0.2) is 60.7 Å². The summed E-state index contributed by atoms with van der Waals surface area (Å²) in [5.74, 6) is 0. The Hall–Kier alpha value is -0.785. The van der Waals surface area contributed by atoms with Gasteiger partial charge in [-0.15, -0.1) is 0 Å². The summed E-state index contributed by atoms with van der Waals surface area (Å²) in [7, 11) is 1.64. The third-order valence-electron chi connectivity index (χ3n) is 2.38. The molecule has 4 atom stereocenters. The zero-order valence-corrected chi connectivity index (χ0v) is 10.5. The second kappa shape index (κ2) is 5.24. The van der Waals surface area contributed by atoms with E-state index in [0.29, 0.717) is 0 Å². The van der Waals surface area contributed by atoms with Crippen molar-refractivity contribution in [3.05, 3.63) is 0 Å². The van der Waals surface area contributed by atoms with Crippen LogP contribution in [0, 0.1) is 0 Å². The Morgan fingerprint density at radius 1 is 1.47 bits per heavy atom. The van der Waals surface area contributed by atoms with Crippen LogP contribution in [-0.2, 0) is 14.2 Å². The highest BCUT2D eigenvalue weighted by Gasteiger charge is 2.44. The first-order valence-electron chi connectivity index (χ1n) is 5.58. The molecule has 1 rings (SSSR count). The molecule has 0 saturated carbocycles. The van der Waals surface area contributed by atoms with Crippen LogP contribution in [0.1, 0.15) is 20.8 Å². The van der Waals surface area contributed by atoms with E-state index in [1.807, 2.05) is 0 Å². The van der Waals surface area contributed by atoms with Gasteiger partial charge in [-0.2, -0.15) is 0 Å². The third-order valence-corrected chi connectivity index (χ3v) is 2.38. The van der Waals surface area contributed by atoms with E-state index in [1.165, 1.54) is 0 Å². The lowest BCUT2D eigenvalue weighted by atomic mass is 9.93. The minimum atomic E-state index is -0.959. The Morgan fingerprint density at radius 2 is 2.06 bits per heavy atom. The number of hydrogen-bond donors (Lipinski definition) is 2. The van der Waals surface area contributed by atoms with E-state index in [9.17, 15) is 9.90 Å². The van der Waals surface area contributed by atoms with Crippen LogP contribution in [0.3, 0.4) is 0 Å². The highest BCUT2D eigenvalue weighted by atomic mass is 16.7. The van der Waals surface area contributed by atoms with Crippen molar-refractivity contribution in [3.63, 3.8) is 0 Å². The number of carbonyl (C=O) groups is 1. The van der Waals surface area contributed by atoms with E-state index in [-0.39, 0.29) is 6.61 Å². The summed E-state index contributed by atoms with van der Waals surface area (Å²) in [6, 6.07) is -0.486. The molecule has 17 heavy (non-hydrogen) atoms. The Kier molecular flexibility index (Phi) is 4.40. The molecule has 1 aliphatic rings. The lowest BCUT2D eigenvalue weighted by Gasteiger charge is -2.23. The monoisotopic (exact) mass is 246 g/mol. The van der Waals surface area contributed by atoms with E-state index in [0.717, 1.165) is 0 Å². The highest BCUT2D eigenvalue weighted by Crippen LogP contribution is 2.23. The SMILES string of the molecule is B[C@@H]1O[C@H](CO)[C@H](OC(=O)OC(C)(C)C)C1O. The molecule has 0 bridgehead atoms. The fraction of sp³-hybridized carbons (Fsp3) is 0.900. The first kappa shape index (κ1) is 14.3. The quantitative estimate of drug-likeness (QED) is 0.481. The molecular formula is C10H19BO6. The summed E-state index contributed by atoms with van der Waals surface area (Å²) in [6.07, 6.45) is -3.45. The summed E-state index contributed by atoms with van der Waals surface area (Å²) in [5.41, 5.74) is -0.665. The van der Waals surface area contributed by atoms with Gasteiger partial charge in [-0.25, -0.2) is 4.79 Å². The van der Waals surface area contributed by atoms with Gasteiger partial charge in [0.15, 0.2) is 6.10 Å². The number of aliphatic hydroxyl groups is 2. The second-order valence-corrected chi connectivity index (χ2v) is 5.10. The summed E-state index contributed by atoms with van der Waals surface area (Å²) >= 11 is 0. The standard InChI is InChI=1S/C10H19BO6/c1-10(2,3)17-9(14)16-7-5(4-12)15-8(11)6(7)13/h5-8,12-13H,4,11H2,1-3H3/t5-,6?,7+,8-/m1/s1. The topological polar surface area (TPSA) is 85.2 Å². The van der Waals surface area contributed by atoms with Crippen LogP contribution in [0.5, 0.6) is 0 Å². The van der Waals surface area contributed by atoms with Gasteiger partial charge < -0.3 is 24.4 Å². The average molecular weight is 246 g/mol. The minimum absolute atomic E-state index is 0.325. The number of carbonyl (C=O) groups excluding carboxylic acids is 1. The van der Waals surface area contributed by atoms with Gasteiger partial charge in [0, 0.05) is 0 Å². The van der Waals surface area contributed by atoms with Gasteiger partial charge in [0.05, 0.1) is 12.6 Å². The highest BCUT2D eigenvalue weighted by molar-refractivity contribution is 6.11. The summed E-state index contributed by atoms with van der Waals surface area (Å²) < 4.78 is 15.2. The fourth-order valence-corrected chi connectivity index (χ4v) is 1.60. The Labute approximate surface area is 101 Å². The van der Waals surface area contributed by atoms with E-state index in [1.54, 1.807) is 28.6 Å². The number of rotatable bonds is 2. The van der Waals surface area contributed by atoms with E-state index < -0.39 is 36.1 Å². The molecule has 6 nitrogen and oxygen atoms in total. The van der Waals surface area contributed by atoms with Crippen LogP contribution >= 0.6 is 0 Å². The Balaban J connectivity index is 2.57. The lowest BCUT2D eigenvalue weighted by molar-refractivity contribution is -0.0675. The van der Waals surface area contributed by atoms with Crippen molar-refractivity contribution in [3.8, 4) is 0 Å². The molecule has 0 amide bonds. The van der Waals surface area contributed by atoms with Crippen LogP contribution in [0.15, 0.2) is 0 Å². The van der Waals surface area contributed by atoms with Crippen LogP contribution < -0.4 is 0 Å². The van der Waals surface area contributed by atoms with E-state index in [2.05, 4.69) is 0 Å². The zero-order chi connectivity index (χ0) is 13.2. The van der Waals surface area contributed by atoms with Crippen molar-refractivity contribution in [2.75, 3.05) is 6.61 Å². The summed E-state index contributed by atoms with van der Waals surface area (Å²) in [4.78, 5) is 11.4. The first-order chi connectivity index (χ1) is 7.74. The molecule has 1 heterocycles. The molecule has 1 unspecified atom stereocenters. The molecule has 2 N–H and O–H groups in total. The molecule has 7 heteroatoms.